The second-order valence-electron chi connectivity index (χ2n) is 4.41. The van der Waals surface area contributed by atoms with E-state index in [2.05, 4.69) is 52.4 Å². The molecule has 0 N–H and O–H groups in total. The summed E-state index contributed by atoms with van der Waals surface area (Å²) in [7, 11) is 0. The van der Waals surface area contributed by atoms with Crippen molar-refractivity contribution >= 4 is 44.2 Å². The quantitative estimate of drug-likeness (QED) is 0.311. The Hall–Kier alpha value is -0.170. The molecule has 2 atom stereocenters. The van der Waals surface area contributed by atoms with Gasteiger partial charge in [-0.1, -0.05) is 42.8 Å². The molecule has 0 bridgehead atoms. The molecule has 0 aromatic heterocycles. The molecule has 1 rings (SSSR count). The number of rotatable bonds is 4. The predicted octanol–water partition coefficient (Wildman–Crippen LogP) is 4.72. The summed E-state index contributed by atoms with van der Waals surface area (Å²) in [6.07, 6.45) is 0. The van der Waals surface area contributed by atoms with Crippen molar-refractivity contribution in [2.75, 3.05) is 0 Å². The van der Waals surface area contributed by atoms with Crippen molar-refractivity contribution in [2.45, 2.75) is 31.5 Å². The van der Waals surface area contributed by atoms with E-state index in [1.165, 1.54) is 0 Å². The summed E-state index contributed by atoms with van der Waals surface area (Å²) in [5.74, 6) is 0.496. The topological polar surface area (TPSA) is 43.1 Å². The molecule has 1 aromatic rings. The number of alkyl halides is 1. The summed E-state index contributed by atoms with van der Waals surface area (Å²) in [5.41, 5.74) is 1.04. The maximum absolute atomic E-state index is 11.1. The molecule has 0 saturated heterocycles. The molecule has 0 aliphatic heterocycles. The van der Waals surface area contributed by atoms with Gasteiger partial charge in [-0.25, -0.2) is 0 Å². The average Bonchev–Trinajstić information content (AvgIpc) is 2.19. The van der Waals surface area contributed by atoms with E-state index in [1.54, 1.807) is 6.07 Å². The van der Waals surface area contributed by atoms with Crippen LogP contribution in [-0.2, 0) is 0 Å². The van der Waals surface area contributed by atoms with Crippen molar-refractivity contribution in [1.29, 1.82) is 0 Å². The van der Waals surface area contributed by atoms with E-state index >= 15 is 0 Å². The number of hydrogen-bond acceptors (Lipinski definition) is 2. The Kier molecular flexibility index (Phi) is 5.37. The lowest BCUT2D eigenvalue weighted by atomic mass is 9.85. The number of halogens is 2. The molecule has 0 aliphatic carbocycles. The van der Waals surface area contributed by atoms with E-state index in [0.29, 0.717) is 5.92 Å². The van der Waals surface area contributed by atoms with E-state index in [0.717, 1.165) is 9.13 Å². The summed E-state index contributed by atoms with van der Waals surface area (Å²) >= 11 is 5.65. The largest absolute Gasteiger partial charge is 0.273 e. The Balaban J connectivity index is 3.32. The van der Waals surface area contributed by atoms with Gasteiger partial charge in [0.25, 0.3) is 5.69 Å². The molecule has 0 heterocycles. The average molecular weight is 412 g/mol. The van der Waals surface area contributed by atoms with Crippen molar-refractivity contribution in [3.63, 3.8) is 0 Å². The van der Waals surface area contributed by atoms with E-state index in [9.17, 15) is 10.1 Å². The van der Waals surface area contributed by atoms with Crippen LogP contribution in [0.25, 0.3) is 0 Å². The van der Waals surface area contributed by atoms with Crippen LogP contribution in [-0.4, -0.2) is 9.75 Å². The number of nitro groups is 1. The molecule has 0 fully saturated rings. The third kappa shape index (κ3) is 3.64. The van der Waals surface area contributed by atoms with E-state index in [4.69, 9.17) is 0 Å². The monoisotopic (exact) mass is 411 g/mol. The highest BCUT2D eigenvalue weighted by molar-refractivity contribution is 14.1. The smallest absolute Gasteiger partial charge is 0.258 e. The number of benzene rings is 1. The molecule has 0 amide bonds. The van der Waals surface area contributed by atoms with E-state index in [-0.39, 0.29) is 21.4 Å². The van der Waals surface area contributed by atoms with Gasteiger partial charge in [0.15, 0.2) is 0 Å². The van der Waals surface area contributed by atoms with Gasteiger partial charge in [-0.05, 0) is 34.6 Å². The SMILES string of the molecule is CC(C)C(c1ccc(I)cc1[N+](=O)[O-])C(C)Br. The van der Waals surface area contributed by atoms with Gasteiger partial charge in [0, 0.05) is 25.9 Å². The van der Waals surface area contributed by atoms with E-state index in [1.807, 2.05) is 19.1 Å². The molecule has 5 heteroatoms. The van der Waals surface area contributed by atoms with Crippen LogP contribution in [0, 0.1) is 19.6 Å². The molecule has 1 aromatic carbocycles. The first-order valence-corrected chi connectivity index (χ1v) is 7.42. The van der Waals surface area contributed by atoms with Crippen LogP contribution in [0.3, 0.4) is 0 Å². The van der Waals surface area contributed by atoms with Gasteiger partial charge >= 0.3 is 0 Å². The molecule has 17 heavy (non-hydrogen) atoms. The summed E-state index contributed by atoms with van der Waals surface area (Å²) in [6, 6.07) is 5.44. The number of nitrogens with zero attached hydrogens (tertiary/aromatic N) is 1. The lowest BCUT2D eigenvalue weighted by molar-refractivity contribution is -0.385. The van der Waals surface area contributed by atoms with Gasteiger partial charge in [0.2, 0.25) is 0 Å². The van der Waals surface area contributed by atoms with Crippen LogP contribution in [0.5, 0.6) is 0 Å². The number of nitro benzene ring substituents is 1. The molecule has 0 radical (unpaired) electrons. The Labute approximate surface area is 123 Å². The van der Waals surface area contributed by atoms with Gasteiger partial charge < -0.3 is 0 Å². The third-order valence-electron chi connectivity index (χ3n) is 2.76. The van der Waals surface area contributed by atoms with Crippen molar-refractivity contribution in [2.24, 2.45) is 5.92 Å². The number of hydrogen-bond donors (Lipinski definition) is 0. The Morgan fingerprint density at radius 1 is 1.35 bits per heavy atom. The van der Waals surface area contributed by atoms with Gasteiger partial charge in [-0.15, -0.1) is 0 Å². The van der Waals surface area contributed by atoms with Crippen molar-refractivity contribution in [3.05, 3.63) is 37.4 Å². The third-order valence-corrected chi connectivity index (χ3v) is 4.00. The maximum atomic E-state index is 11.1. The van der Waals surface area contributed by atoms with Crippen LogP contribution in [0.15, 0.2) is 18.2 Å². The lowest BCUT2D eigenvalue weighted by Gasteiger charge is -2.23. The fourth-order valence-corrected chi connectivity index (χ4v) is 3.46. The lowest BCUT2D eigenvalue weighted by Crippen LogP contribution is -2.17. The Morgan fingerprint density at radius 3 is 2.35 bits per heavy atom. The second kappa shape index (κ2) is 6.13. The Morgan fingerprint density at radius 2 is 1.94 bits per heavy atom. The minimum Gasteiger partial charge on any atom is -0.258 e. The second-order valence-corrected chi connectivity index (χ2v) is 7.10. The first kappa shape index (κ1) is 14.9. The zero-order valence-corrected chi connectivity index (χ0v) is 13.7. The maximum Gasteiger partial charge on any atom is 0.273 e. The highest BCUT2D eigenvalue weighted by Gasteiger charge is 2.28. The van der Waals surface area contributed by atoms with Crippen LogP contribution >= 0.6 is 38.5 Å². The zero-order valence-electron chi connectivity index (χ0n) is 9.98. The van der Waals surface area contributed by atoms with Crippen LogP contribution < -0.4 is 0 Å². The molecule has 0 aliphatic rings. The summed E-state index contributed by atoms with van der Waals surface area (Å²) in [5, 5.41) is 11.1. The van der Waals surface area contributed by atoms with Crippen LogP contribution in [0.4, 0.5) is 5.69 Å². The highest BCUT2D eigenvalue weighted by Crippen LogP contribution is 2.37. The van der Waals surface area contributed by atoms with Crippen LogP contribution in [0.2, 0.25) is 0 Å². The van der Waals surface area contributed by atoms with Crippen molar-refractivity contribution < 1.29 is 4.92 Å². The van der Waals surface area contributed by atoms with Crippen molar-refractivity contribution in [3.8, 4) is 0 Å². The Bertz CT molecular complexity index is 413. The minimum atomic E-state index is -0.289. The van der Waals surface area contributed by atoms with E-state index < -0.39 is 0 Å². The predicted molar refractivity (Wildman–Crippen MR) is 81.8 cm³/mol. The summed E-state index contributed by atoms with van der Waals surface area (Å²) < 4.78 is 0.891. The summed E-state index contributed by atoms with van der Waals surface area (Å²) in [4.78, 5) is 11.0. The molecule has 94 valence electrons. The molecule has 0 spiro atoms. The molecule has 0 saturated carbocycles. The first-order valence-electron chi connectivity index (χ1n) is 5.42. The van der Waals surface area contributed by atoms with Gasteiger partial charge in [-0.2, -0.15) is 0 Å². The molecule has 2 unspecified atom stereocenters. The first-order chi connectivity index (χ1) is 7.84. The minimum absolute atomic E-state index is 0.146. The van der Waals surface area contributed by atoms with Gasteiger partial charge in [0.1, 0.15) is 0 Å². The molecular weight excluding hydrogens is 397 g/mol. The molecular formula is C12H15BrINO2. The van der Waals surface area contributed by atoms with Gasteiger partial charge in [0.05, 0.1) is 4.92 Å². The summed E-state index contributed by atoms with van der Waals surface area (Å²) in [6.45, 7) is 6.21. The highest BCUT2D eigenvalue weighted by atomic mass is 127. The normalized spacial score (nSPS) is 14.7. The van der Waals surface area contributed by atoms with Crippen LogP contribution in [0.1, 0.15) is 32.3 Å². The fraction of sp³-hybridized carbons (Fsp3) is 0.500. The van der Waals surface area contributed by atoms with Crippen molar-refractivity contribution in [1.82, 2.24) is 0 Å². The van der Waals surface area contributed by atoms with Gasteiger partial charge in [-0.3, -0.25) is 10.1 Å². The zero-order chi connectivity index (χ0) is 13.2. The fourth-order valence-electron chi connectivity index (χ4n) is 2.09. The standard InChI is InChI=1S/C12H15BrINO2/c1-7(2)12(8(3)13)10-5-4-9(14)6-11(10)15(16)17/h4-8,12H,1-3H3. The molecule has 3 nitrogen and oxygen atoms in total.